The molecular weight excluding hydrogens is 214 g/mol. The maximum atomic E-state index is 10.6. The summed E-state index contributed by atoms with van der Waals surface area (Å²) in [7, 11) is 0. The number of aldehydes is 1. The Morgan fingerprint density at radius 3 is 2.41 bits per heavy atom. The molecule has 94 valence electrons. The Balaban J connectivity index is 1.97. The van der Waals surface area contributed by atoms with Crippen LogP contribution in [0.25, 0.3) is 0 Å². The van der Waals surface area contributed by atoms with E-state index in [0.29, 0.717) is 17.2 Å². The molecule has 2 rings (SSSR count). The molecule has 1 heterocycles. The van der Waals surface area contributed by atoms with E-state index < -0.39 is 0 Å². The van der Waals surface area contributed by atoms with Gasteiger partial charge in [-0.2, -0.15) is 0 Å². The standard InChI is InChI=1S/C13H21N3O/c1-13(2,3)10-4-6-12(7-5-10)16-8-11(9-17)14-15-16/h8-10,12H,4-7H2,1-3H3. The van der Waals surface area contributed by atoms with Crippen LogP contribution in [-0.2, 0) is 0 Å². The van der Waals surface area contributed by atoms with Crippen LogP contribution in [0.5, 0.6) is 0 Å². The fourth-order valence-electron chi connectivity index (χ4n) is 2.73. The first kappa shape index (κ1) is 12.3. The number of rotatable bonds is 2. The minimum atomic E-state index is 0.404. The fraction of sp³-hybridized carbons (Fsp3) is 0.769. The van der Waals surface area contributed by atoms with Crippen molar-refractivity contribution in [1.29, 1.82) is 0 Å². The van der Waals surface area contributed by atoms with E-state index in [2.05, 4.69) is 31.1 Å². The highest BCUT2D eigenvalue weighted by Gasteiger charge is 2.30. The summed E-state index contributed by atoms with van der Waals surface area (Å²) in [5, 5.41) is 7.86. The number of nitrogens with zero attached hydrogens (tertiary/aromatic N) is 3. The topological polar surface area (TPSA) is 47.8 Å². The monoisotopic (exact) mass is 235 g/mol. The van der Waals surface area contributed by atoms with E-state index in [1.165, 1.54) is 12.8 Å². The minimum Gasteiger partial charge on any atom is -0.296 e. The van der Waals surface area contributed by atoms with Crippen molar-refractivity contribution in [3.63, 3.8) is 0 Å². The molecule has 4 nitrogen and oxygen atoms in total. The van der Waals surface area contributed by atoms with Gasteiger partial charge in [-0.25, -0.2) is 4.68 Å². The fourth-order valence-corrected chi connectivity index (χ4v) is 2.73. The summed E-state index contributed by atoms with van der Waals surface area (Å²) in [4.78, 5) is 10.6. The van der Waals surface area contributed by atoms with Crippen molar-refractivity contribution in [2.75, 3.05) is 0 Å². The van der Waals surface area contributed by atoms with Gasteiger partial charge in [-0.15, -0.1) is 5.10 Å². The molecule has 0 saturated heterocycles. The highest BCUT2D eigenvalue weighted by Crippen LogP contribution is 2.41. The SMILES string of the molecule is CC(C)(C)C1CCC(n2cc(C=O)nn2)CC1. The molecule has 1 saturated carbocycles. The Bertz CT molecular complexity index is 384. The van der Waals surface area contributed by atoms with Crippen LogP contribution in [0.1, 0.15) is 63.0 Å². The minimum absolute atomic E-state index is 0.404. The molecule has 1 aliphatic carbocycles. The van der Waals surface area contributed by atoms with Gasteiger partial charge in [-0.3, -0.25) is 4.79 Å². The van der Waals surface area contributed by atoms with Gasteiger partial charge in [-0.05, 0) is 37.0 Å². The van der Waals surface area contributed by atoms with Gasteiger partial charge in [0.25, 0.3) is 0 Å². The van der Waals surface area contributed by atoms with E-state index in [9.17, 15) is 4.79 Å². The third kappa shape index (κ3) is 2.73. The smallest absolute Gasteiger partial charge is 0.171 e. The molecule has 0 atom stereocenters. The molecular formula is C13H21N3O. The summed E-state index contributed by atoms with van der Waals surface area (Å²) in [6.45, 7) is 6.95. The zero-order valence-corrected chi connectivity index (χ0v) is 10.9. The maximum Gasteiger partial charge on any atom is 0.171 e. The maximum absolute atomic E-state index is 10.6. The highest BCUT2D eigenvalue weighted by atomic mass is 16.1. The molecule has 4 heteroatoms. The number of carbonyl (C=O) groups excluding carboxylic acids is 1. The molecule has 0 spiro atoms. The Labute approximate surface area is 102 Å². The summed E-state index contributed by atoms with van der Waals surface area (Å²) in [6.07, 6.45) is 7.28. The van der Waals surface area contributed by atoms with E-state index in [1.54, 1.807) is 6.20 Å². The van der Waals surface area contributed by atoms with Crippen molar-refractivity contribution in [3.8, 4) is 0 Å². The van der Waals surface area contributed by atoms with Crippen molar-refractivity contribution in [2.45, 2.75) is 52.5 Å². The Morgan fingerprint density at radius 2 is 1.94 bits per heavy atom. The molecule has 0 unspecified atom stereocenters. The Kier molecular flexibility index (Phi) is 3.31. The Morgan fingerprint density at radius 1 is 1.29 bits per heavy atom. The summed E-state index contributed by atoms with van der Waals surface area (Å²) in [6, 6.07) is 0.426. The number of hydrogen-bond donors (Lipinski definition) is 0. The van der Waals surface area contributed by atoms with Crippen LogP contribution in [0.3, 0.4) is 0 Å². The third-order valence-corrected chi connectivity index (χ3v) is 3.94. The van der Waals surface area contributed by atoms with E-state index in [4.69, 9.17) is 0 Å². The predicted octanol–water partition coefficient (Wildman–Crippen LogP) is 2.87. The lowest BCUT2D eigenvalue weighted by atomic mass is 9.71. The van der Waals surface area contributed by atoms with Crippen LogP contribution in [0, 0.1) is 11.3 Å². The first-order valence-corrected chi connectivity index (χ1v) is 6.37. The molecule has 17 heavy (non-hydrogen) atoms. The van der Waals surface area contributed by atoms with Crippen molar-refractivity contribution in [1.82, 2.24) is 15.0 Å². The van der Waals surface area contributed by atoms with Gasteiger partial charge < -0.3 is 0 Å². The van der Waals surface area contributed by atoms with Crippen LogP contribution in [-0.4, -0.2) is 21.3 Å². The summed E-state index contributed by atoms with van der Waals surface area (Å²) >= 11 is 0. The second-order valence-corrected chi connectivity index (χ2v) is 6.11. The molecule has 1 aromatic heterocycles. The Hall–Kier alpha value is -1.19. The lowest BCUT2D eigenvalue weighted by Crippen LogP contribution is -2.27. The molecule has 0 bridgehead atoms. The zero-order chi connectivity index (χ0) is 12.5. The predicted molar refractivity (Wildman–Crippen MR) is 65.9 cm³/mol. The van der Waals surface area contributed by atoms with Gasteiger partial charge in [0.05, 0.1) is 12.2 Å². The summed E-state index contributed by atoms with van der Waals surface area (Å²) < 4.78 is 1.86. The van der Waals surface area contributed by atoms with Gasteiger partial charge in [0.1, 0.15) is 5.69 Å². The molecule has 0 aromatic carbocycles. The van der Waals surface area contributed by atoms with Gasteiger partial charge in [0, 0.05) is 0 Å². The second kappa shape index (κ2) is 4.59. The first-order chi connectivity index (χ1) is 8.00. The van der Waals surface area contributed by atoms with E-state index in [0.717, 1.165) is 25.0 Å². The van der Waals surface area contributed by atoms with Crippen LogP contribution in [0.2, 0.25) is 0 Å². The van der Waals surface area contributed by atoms with Crippen molar-refractivity contribution >= 4 is 6.29 Å². The molecule has 0 amide bonds. The third-order valence-electron chi connectivity index (χ3n) is 3.94. The van der Waals surface area contributed by atoms with Crippen LogP contribution < -0.4 is 0 Å². The van der Waals surface area contributed by atoms with Gasteiger partial charge in [0.15, 0.2) is 6.29 Å². The summed E-state index contributed by atoms with van der Waals surface area (Å²) in [5.74, 6) is 0.799. The zero-order valence-electron chi connectivity index (χ0n) is 10.9. The number of carbonyl (C=O) groups is 1. The largest absolute Gasteiger partial charge is 0.296 e. The first-order valence-electron chi connectivity index (χ1n) is 6.37. The highest BCUT2D eigenvalue weighted by molar-refractivity contribution is 5.70. The van der Waals surface area contributed by atoms with E-state index in [1.807, 2.05) is 4.68 Å². The van der Waals surface area contributed by atoms with Crippen LogP contribution >= 0.6 is 0 Å². The molecule has 1 aromatic rings. The average molecular weight is 235 g/mol. The molecule has 0 radical (unpaired) electrons. The van der Waals surface area contributed by atoms with Gasteiger partial charge >= 0.3 is 0 Å². The van der Waals surface area contributed by atoms with Crippen molar-refractivity contribution < 1.29 is 4.79 Å². The molecule has 1 aliphatic rings. The summed E-state index contributed by atoms with van der Waals surface area (Å²) in [5.41, 5.74) is 0.837. The quantitative estimate of drug-likeness (QED) is 0.740. The lowest BCUT2D eigenvalue weighted by molar-refractivity contribution is 0.111. The van der Waals surface area contributed by atoms with Crippen LogP contribution in [0.15, 0.2) is 6.20 Å². The number of aromatic nitrogens is 3. The van der Waals surface area contributed by atoms with Crippen LogP contribution in [0.4, 0.5) is 0 Å². The van der Waals surface area contributed by atoms with Gasteiger partial charge in [-0.1, -0.05) is 26.0 Å². The van der Waals surface area contributed by atoms with Crippen molar-refractivity contribution in [2.24, 2.45) is 11.3 Å². The molecule has 0 N–H and O–H groups in total. The van der Waals surface area contributed by atoms with E-state index in [-0.39, 0.29) is 0 Å². The second-order valence-electron chi connectivity index (χ2n) is 6.11. The van der Waals surface area contributed by atoms with Crippen molar-refractivity contribution in [3.05, 3.63) is 11.9 Å². The van der Waals surface area contributed by atoms with E-state index >= 15 is 0 Å². The molecule has 1 fully saturated rings. The number of hydrogen-bond acceptors (Lipinski definition) is 3. The normalized spacial score (nSPS) is 25.8. The van der Waals surface area contributed by atoms with Gasteiger partial charge in [0.2, 0.25) is 0 Å². The lowest BCUT2D eigenvalue weighted by Gasteiger charge is -2.36. The average Bonchev–Trinajstić information content (AvgIpc) is 2.76. The molecule has 0 aliphatic heterocycles.